The van der Waals surface area contributed by atoms with Crippen molar-refractivity contribution < 1.29 is 121 Å². The van der Waals surface area contributed by atoms with Crippen LogP contribution in [0.3, 0.4) is 0 Å². The first kappa shape index (κ1) is 99.3. The van der Waals surface area contributed by atoms with Crippen LogP contribution in [0.15, 0.2) is 30.3 Å². The van der Waals surface area contributed by atoms with Crippen LogP contribution >= 0.6 is 0 Å². The highest BCUT2D eigenvalue weighted by atomic mass is 16.6. The van der Waals surface area contributed by atoms with Crippen LogP contribution in [0, 0.1) is 23.7 Å². The minimum Gasteiger partial charge on any atom is -0.480 e. The van der Waals surface area contributed by atoms with Crippen LogP contribution in [0.2, 0.25) is 0 Å². The second-order valence-corrected chi connectivity index (χ2v) is 28.6. The van der Waals surface area contributed by atoms with Crippen molar-refractivity contribution in [2.45, 2.75) is 218 Å². The number of likely N-dealkylation sites (N-methyl/N-ethyl adjacent to an activating group) is 2. The van der Waals surface area contributed by atoms with Gasteiger partial charge in [-0.05, 0) is 76.9 Å². The number of benzene rings is 1. The summed E-state index contributed by atoms with van der Waals surface area (Å²) in [4.78, 5) is 191. The van der Waals surface area contributed by atoms with Gasteiger partial charge in [0.15, 0.2) is 0 Å². The van der Waals surface area contributed by atoms with Gasteiger partial charge < -0.3 is 117 Å². The largest absolute Gasteiger partial charge is 0.480 e. The molecule has 0 aromatic heterocycles. The quantitative estimate of drug-likeness (QED) is 0.0222. The summed E-state index contributed by atoms with van der Waals surface area (Å²) in [5.74, 6) is -10.8. The summed E-state index contributed by atoms with van der Waals surface area (Å²) in [7, 11) is 8.25. The number of esters is 1. The molecule has 1 aliphatic rings. The Morgan fingerprint density at radius 3 is 1.84 bits per heavy atom. The lowest BCUT2D eigenvalue weighted by molar-refractivity contribution is -0.148. The Bertz CT molecular complexity index is 3150. The zero-order valence-electron chi connectivity index (χ0n) is 67.1. The summed E-state index contributed by atoms with van der Waals surface area (Å²) in [6.45, 7) is 13.1. The Balaban J connectivity index is 2.08. The average Bonchev–Trinajstić information content (AvgIpc) is 1.49. The molecule has 636 valence electrons. The van der Waals surface area contributed by atoms with Crippen molar-refractivity contribution in [3.8, 4) is 0 Å². The van der Waals surface area contributed by atoms with E-state index in [1.165, 1.54) is 21.1 Å². The molecule has 1 aromatic rings. The van der Waals surface area contributed by atoms with E-state index in [1.54, 1.807) is 61.0 Å². The lowest BCUT2D eigenvalue weighted by Gasteiger charge is -2.41. The summed E-state index contributed by atoms with van der Waals surface area (Å²) < 4.78 is 27.7. The molecule has 0 aliphatic carbocycles. The molecule has 12 amide bonds. The second-order valence-electron chi connectivity index (χ2n) is 28.6. The van der Waals surface area contributed by atoms with Crippen LogP contribution in [-0.2, 0) is 92.4 Å². The van der Waals surface area contributed by atoms with Crippen molar-refractivity contribution >= 4 is 83.0 Å². The maximum Gasteiger partial charge on any atom is 0.407 e. The van der Waals surface area contributed by atoms with Crippen LogP contribution in [0.5, 0.6) is 0 Å². The summed E-state index contributed by atoms with van der Waals surface area (Å²) in [6, 6.07) is 0.473. The molecule has 3 unspecified atom stereocenters. The van der Waals surface area contributed by atoms with Crippen molar-refractivity contribution in [1.29, 1.82) is 0 Å². The molecule has 1 fully saturated rings. The third kappa shape index (κ3) is 35.1. The van der Waals surface area contributed by atoms with Gasteiger partial charge in [-0.1, -0.05) is 85.2 Å². The number of amides is 12. The van der Waals surface area contributed by atoms with Gasteiger partial charge in [0.05, 0.1) is 75.1 Å². The lowest BCUT2D eigenvalue weighted by Crippen LogP contribution is -2.59. The molecule has 0 radical (unpaired) electrons. The predicted molar refractivity (Wildman–Crippen MR) is 404 cm³/mol. The number of nitrogens with zero attached hydrogens (tertiary/aromatic N) is 3. The Hall–Kier alpha value is -8.76. The van der Waals surface area contributed by atoms with Gasteiger partial charge >= 0.3 is 18.0 Å². The zero-order chi connectivity index (χ0) is 84.5. The smallest absolute Gasteiger partial charge is 0.407 e. The molecule has 16 atom stereocenters. The standard InChI is InChI=1S/C74H125N13O25/c1-15-44(7)63(86(12)71(103)61(42(3)4)84-70(102)62(43(5)6)85(10)11)54(108-13)37-60(96)87-33-20-24-51(87)66(109-14)45(8)67(99)83-49(36-47-22-18-17-19-23-47)68(100)76-30-21-34-111-73(106)46(9)80-58(94)28-32-77-74(107)112-41-50(81-59(95)39-79-56(92)27-31-75-57(93)29-35-110-16-2)69(101)82-48(72(104)105)25-26-55(91)78-38-52(89)64(97)65(98)53(90)40-88/h17-19,22-23,42-46,48-54,61-66,88-90,97-98H,15-16,20-21,24-41H2,1-14H3,(H,75,93)(H,76,100)(H,77,107)(H,78,91)(H,79,92)(H,80,94)(H,81,95)(H,82,101)(H,83,99)(H,84,102)(H,104,105)/t44-,45+,46?,48?,49-,50?,51-,52-,53+,54+,61-,62-,63-,64+,65+,66+/m0/s1. The lowest BCUT2D eigenvalue weighted by atomic mass is 9.89. The van der Waals surface area contributed by atoms with E-state index in [0.717, 1.165) is 5.56 Å². The predicted octanol–water partition coefficient (Wildman–Crippen LogP) is -3.53. The number of aliphatic hydroxyl groups excluding tert-OH is 5. The molecule has 16 N–H and O–H groups in total. The molecule has 112 heavy (non-hydrogen) atoms. The van der Waals surface area contributed by atoms with Crippen LogP contribution in [0.4, 0.5) is 4.79 Å². The normalized spacial score (nSPS) is 16.8. The Labute approximate surface area is 655 Å². The number of methoxy groups -OCH3 is 2. The number of hydrogen-bond donors (Lipinski definition) is 16. The fraction of sp³-hybridized carbons (Fsp3) is 0.730. The number of aliphatic hydroxyl groups is 5. The monoisotopic (exact) mass is 1600 g/mol. The van der Waals surface area contributed by atoms with Gasteiger partial charge in [-0.2, -0.15) is 0 Å². The molecule has 1 aromatic carbocycles. The van der Waals surface area contributed by atoms with Gasteiger partial charge in [0.2, 0.25) is 65.0 Å². The summed E-state index contributed by atoms with van der Waals surface area (Å²) in [5, 5.41) is 83.1. The minimum absolute atomic E-state index is 0.0178. The van der Waals surface area contributed by atoms with Crippen molar-refractivity contribution in [1.82, 2.24) is 67.9 Å². The van der Waals surface area contributed by atoms with Crippen molar-refractivity contribution in [3.05, 3.63) is 35.9 Å². The number of carbonyl (C=O) groups is 14. The Morgan fingerprint density at radius 2 is 1.24 bits per heavy atom. The average molecular weight is 1600 g/mol. The number of ether oxygens (including phenoxy) is 5. The van der Waals surface area contributed by atoms with Gasteiger partial charge in [0.25, 0.3) is 0 Å². The van der Waals surface area contributed by atoms with E-state index in [2.05, 4.69) is 53.2 Å². The molecule has 0 spiro atoms. The van der Waals surface area contributed by atoms with E-state index in [4.69, 9.17) is 28.8 Å². The maximum absolute atomic E-state index is 14.6. The van der Waals surface area contributed by atoms with Gasteiger partial charge in [0.1, 0.15) is 55.1 Å². The third-order valence-electron chi connectivity index (χ3n) is 19.0. The van der Waals surface area contributed by atoms with Crippen LogP contribution in [0.1, 0.15) is 132 Å². The molecular formula is C74H125N13O25. The van der Waals surface area contributed by atoms with Crippen LogP contribution in [-0.4, -0.2) is 321 Å². The fourth-order valence-corrected chi connectivity index (χ4v) is 12.5. The number of hydrogen-bond acceptors (Lipinski definition) is 25. The molecule has 1 aliphatic heterocycles. The van der Waals surface area contributed by atoms with Gasteiger partial charge in [0, 0.05) is 92.7 Å². The number of carboxylic acids is 1. The SMILES string of the molecule is CCOCCC(=O)NCCC(=O)NCC(=O)NC(COC(=O)NCCC(=O)NC(C)C(=O)OCCCNC(=O)[C@H](Cc1ccccc1)NC(=O)[C@H](C)[C@@H](OC)[C@@H]1CCCN1C(=O)C[C@@H](OC)[C@H]([C@@H](C)CC)N(C)C(=O)[C@@H](NC(=O)[C@H](C(C)C)N(C)C)C(C)C)C(=O)NC(CCC(=O)NC[C@H](O)[C@@H](O)[C@H](O)[C@H](O)CO)C(=O)O. The first-order valence-electron chi connectivity index (χ1n) is 38.0. The van der Waals surface area contributed by atoms with Crippen molar-refractivity contribution in [2.75, 3.05) is 108 Å². The first-order valence-corrected chi connectivity index (χ1v) is 38.0. The number of likely N-dealkylation sites (tertiary alicyclic amines) is 1. The second kappa shape index (κ2) is 52.5. The fourth-order valence-electron chi connectivity index (χ4n) is 12.5. The molecule has 1 heterocycles. The highest BCUT2D eigenvalue weighted by Gasteiger charge is 2.44. The molecule has 2 rings (SSSR count). The van der Waals surface area contributed by atoms with Gasteiger partial charge in [-0.3, -0.25) is 57.6 Å². The summed E-state index contributed by atoms with van der Waals surface area (Å²) in [5.41, 5.74) is 0.730. The number of aliphatic carboxylic acids is 1. The topological polar surface area (TPSA) is 537 Å². The molecular weight excluding hydrogens is 1470 g/mol. The number of nitrogens with one attached hydrogen (secondary N) is 10. The highest BCUT2D eigenvalue weighted by molar-refractivity contribution is 5.94. The van der Waals surface area contributed by atoms with E-state index < -0.39 is 208 Å². The van der Waals surface area contributed by atoms with Gasteiger partial charge in [-0.25, -0.2) is 14.4 Å². The minimum atomic E-state index is -2.02. The van der Waals surface area contributed by atoms with E-state index in [-0.39, 0.29) is 93.9 Å². The number of carboxylic acid groups (broad SMARTS) is 1. The van der Waals surface area contributed by atoms with E-state index >= 15 is 0 Å². The third-order valence-corrected chi connectivity index (χ3v) is 19.0. The van der Waals surface area contributed by atoms with E-state index in [1.807, 2.05) is 60.5 Å². The van der Waals surface area contributed by atoms with Gasteiger partial charge in [-0.15, -0.1) is 0 Å². The van der Waals surface area contributed by atoms with E-state index in [9.17, 15) is 92.7 Å². The first-order chi connectivity index (χ1) is 52.9. The zero-order valence-corrected chi connectivity index (χ0v) is 67.1. The molecule has 0 bridgehead atoms. The van der Waals surface area contributed by atoms with Crippen LogP contribution < -0.4 is 53.2 Å². The molecule has 0 saturated carbocycles. The van der Waals surface area contributed by atoms with E-state index in [0.29, 0.717) is 32.4 Å². The highest BCUT2D eigenvalue weighted by Crippen LogP contribution is 2.30. The maximum atomic E-state index is 14.6. The molecule has 1 saturated heterocycles. The van der Waals surface area contributed by atoms with Crippen molar-refractivity contribution in [3.63, 3.8) is 0 Å². The molecule has 38 heteroatoms. The van der Waals surface area contributed by atoms with Crippen LogP contribution in [0.25, 0.3) is 0 Å². The Morgan fingerprint density at radius 1 is 0.616 bits per heavy atom. The summed E-state index contributed by atoms with van der Waals surface area (Å²) in [6.07, 6.45) is -10.6. The number of carbonyl (C=O) groups excluding carboxylic acids is 13. The summed E-state index contributed by atoms with van der Waals surface area (Å²) >= 11 is 0. The Kier molecular flexibility index (Phi) is 46.6. The molecule has 38 nitrogen and oxygen atoms in total. The number of rotatable bonds is 54. The number of alkyl carbamates (subject to hydrolysis) is 1. The van der Waals surface area contributed by atoms with Crippen molar-refractivity contribution in [2.24, 2.45) is 23.7 Å².